The topological polar surface area (TPSA) is 181 Å². The maximum absolute atomic E-state index is 13.1. The van der Waals surface area contributed by atoms with Crippen molar-refractivity contribution in [3.63, 3.8) is 0 Å². The number of nitrogens with one attached hydrogen (secondary N) is 2. The Balaban J connectivity index is 1.07. The zero-order valence-electron chi connectivity index (χ0n) is 22.3. The number of nitrogens with two attached hydrogens (primary N) is 1. The van der Waals surface area contributed by atoms with E-state index in [2.05, 4.69) is 25.6 Å². The molecule has 4 heterocycles. The van der Waals surface area contributed by atoms with Crippen LogP contribution in [0.1, 0.15) is 44.2 Å². The van der Waals surface area contributed by atoms with Crippen LogP contribution in [0.4, 0.5) is 20.7 Å². The van der Waals surface area contributed by atoms with Gasteiger partial charge in [0.15, 0.2) is 23.8 Å². The van der Waals surface area contributed by atoms with Gasteiger partial charge >= 0.3 is 6.03 Å². The zero-order chi connectivity index (χ0) is 28.7. The van der Waals surface area contributed by atoms with E-state index in [1.807, 2.05) is 0 Å². The van der Waals surface area contributed by atoms with Gasteiger partial charge in [-0.2, -0.15) is 0 Å². The molecule has 3 fully saturated rings. The molecular formula is C27H33FN8O5. The molecule has 218 valence electrons. The average molecular weight is 569 g/mol. The Bertz CT molecular complexity index is 1420. The first kappa shape index (κ1) is 27.3. The molecule has 3 aromatic rings. The third-order valence-corrected chi connectivity index (χ3v) is 7.96. The number of urea groups is 1. The number of likely N-dealkylation sites (tertiary alicyclic amines) is 1. The van der Waals surface area contributed by atoms with Gasteiger partial charge in [-0.25, -0.2) is 24.1 Å². The summed E-state index contributed by atoms with van der Waals surface area (Å²) in [6, 6.07) is 5.54. The number of fused-ring (bicyclic) bond motifs is 1. The first-order chi connectivity index (χ1) is 19.8. The lowest BCUT2D eigenvalue weighted by atomic mass is 9.92. The molecule has 4 atom stereocenters. The summed E-state index contributed by atoms with van der Waals surface area (Å²) < 4.78 is 20.4. The van der Waals surface area contributed by atoms with Crippen molar-refractivity contribution in [3.8, 4) is 0 Å². The zero-order valence-corrected chi connectivity index (χ0v) is 22.3. The van der Waals surface area contributed by atoms with Crippen LogP contribution >= 0.6 is 0 Å². The molecule has 0 bridgehead atoms. The molecule has 1 saturated carbocycles. The van der Waals surface area contributed by atoms with Gasteiger partial charge < -0.3 is 36.2 Å². The Morgan fingerprint density at radius 3 is 2.51 bits per heavy atom. The number of hydrogen-bond donors (Lipinski definition) is 5. The van der Waals surface area contributed by atoms with Crippen LogP contribution < -0.4 is 16.4 Å². The molecule has 2 aliphatic heterocycles. The predicted octanol–water partition coefficient (Wildman–Crippen LogP) is 1.32. The number of rotatable bonds is 7. The summed E-state index contributed by atoms with van der Waals surface area (Å²) in [5.74, 6) is 0.232. The van der Waals surface area contributed by atoms with E-state index in [4.69, 9.17) is 10.5 Å². The third kappa shape index (κ3) is 5.80. The molecule has 0 radical (unpaired) electrons. The second-order valence-electron chi connectivity index (χ2n) is 11.0. The Morgan fingerprint density at radius 2 is 1.80 bits per heavy atom. The molecule has 14 heteroatoms. The largest absolute Gasteiger partial charge is 0.387 e. The maximum atomic E-state index is 13.1. The van der Waals surface area contributed by atoms with E-state index in [-0.39, 0.29) is 23.7 Å². The lowest BCUT2D eigenvalue weighted by Gasteiger charge is -2.32. The van der Waals surface area contributed by atoms with Gasteiger partial charge in [0.1, 0.15) is 29.4 Å². The second-order valence-corrected chi connectivity index (χ2v) is 11.0. The predicted molar refractivity (Wildman–Crippen MR) is 145 cm³/mol. The Kier molecular flexibility index (Phi) is 7.45. The summed E-state index contributed by atoms with van der Waals surface area (Å²) in [4.78, 5) is 40.2. The van der Waals surface area contributed by atoms with Crippen LogP contribution in [0.3, 0.4) is 0 Å². The average Bonchev–Trinajstić information content (AvgIpc) is 3.60. The lowest BCUT2D eigenvalue weighted by Crippen LogP contribution is -2.43. The summed E-state index contributed by atoms with van der Waals surface area (Å²) in [5.41, 5.74) is 7.42. The molecule has 6 N–H and O–H groups in total. The molecule has 2 unspecified atom stereocenters. The molecule has 2 aromatic heterocycles. The SMILES string of the molecule is Nc1nc(CCC2CCN(C(=O)Nc3ccc(F)cc3)CC2)nc2c1ncn2[C@@H]1O[C@H](C(=O)NC2CC2)C(O)C1O. The number of ether oxygens (including phenoxy) is 1. The smallest absolute Gasteiger partial charge is 0.321 e. The molecule has 6 rings (SSSR count). The summed E-state index contributed by atoms with van der Waals surface area (Å²) in [5, 5.41) is 26.8. The van der Waals surface area contributed by atoms with Crippen molar-refractivity contribution in [1.82, 2.24) is 29.7 Å². The van der Waals surface area contributed by atoms with E-state index in [9.17, 15) is 24.2 Å². The van der Waals surface area contributed by atoms with E-state index < -0.39 is 30.4 Å². The number of piperidine rings is 1. The number of aliphatic hydroxyl groups excluding tert-OH is 2. The minimum Gasteiger partial charge on any atom is -0.387 e. The van der Waals surface area contributed by atoms with Crippen molar-refractivity contribution < 1.29 is 28.9 Å². The fraction of sp³-hybridized carbons (Fsp3) is 0.519. The van der Waals surface area contributed by atoms with Crippen molar-refractivity contribution >= 4 is 34.6 Å². The first-order valence-corrected chi connectivity index (χ1v) is 13.9. The van der Waals surface area contributed by atoms with Gasteiger partial charge in [0, 0.05) is 31.2 Å². The minimum atomic E-state index is -1.40. The number of nitrogens with zero attached hydrogens (tertiary/aromatic N) is 5. The molecule has 1 aromatic carbocycles. The van der Waals surface area contributed by atoms with Crippen molar-refractivity contribution in [2.24, 2.45) is 5.92 Å². The quantitative estimate of drug-likeness (QED) is 0.281. The molecule has 2 saturated heterocycles. The van der Waals surface area contributed by atoms with Gasteiger partial charge in [-0.3, -0.25) is 9.36 Å². The number of aromatic nitrogens is 4. The number of nitrogen functional groups attached to an aromatic ring is 1. The van der Waals surface area contributed by atoms with Gasteiger partial charge in [0.2, 0.25) is 0 Å². The minimum absolute atomic E-state index is 0.0875. The highest BCUT2D eigenvalue weighted by Gasteiger charge is 2.48. The van der Waals surface area contributed by atoms with Gasteiger partial charge in [0.25, 0.3) is 5.91 Å². The number of halogens is 1. The monoisotopic (exact) mass is 568 g/mol. The fourth-order valence-electron chi connectivity index (χ4n) is 5.39. The maximum Gasteiger partial charge on any atom is 0.321 e. The molecule has 3 amide bonds. The summed E-state index contributed by atoms with van der Waals surface area (Å²) in [6.07, 6.45) is 1.09. The second kappa shape index (κ2) is 11.2. The van der Waals surface area contributed by atoms with Gasteiger partial charge in [-0.1, -0.05) is 0 Å². The molecule has 0 spiro atoms. The van der Waals surface area contributed by atoms with Crippen LogP contribution in [0.15, 0.2) is 30.6 Å². The van der Waals surface area contributed by atoms with Gasteiger partial charge in [-0.15, -0.1) is 0 Å². The number of amides is 3. The van der Waals surface area contributed by atoms with E-state index in [1.54, 1.807) is 4.90 Å². The normalized spacial score (nSPS) is 25.0. The number of anilines is 2. The highest BCUT2D eigenvalue weighted by molar-refractivity contribution is 5.89. The molecular weight excluding hydrogens is 535 g/mol. The standard InChI is InChI=1S/C27H33FN8O5/c28-15-2-4-17(5-3-15)32-27(40)35-11-9-14(10-12-35)1-8-18-33-23(29)19-24(34-18)36(13-30-19)26-21(38)20(37)22(41-26)25(39)31-16-6-7-16/h2-5,13-14,16,20-22,26,37-38H,1,6-12H2,(H,31,39)(H,32,40)(H2,29,33,34)/t20?,21?,22-,26+/m0/s1. The number of carbonyl (C=O) groups excluding carboxylic acids is 2. The van der Waals surface area contributed by atoms with Crippen LogP contribution in [0, 0.1) is 11.7 Å². The number of hydrogen-bond acceptors (Lipinski definition) is 9. The van der Waals surface area contributed by atoms with Crippen molar-refractivity contribution in [2.75, 3.05) is 24.1 Å². The summed E-state index contributed by atoms with van der Waals surface area (Å²) >= 11 is 0. The number of aliphatic hydroxyl groups is 2. The summed E-state index contributed by atoms with van der Waals surface area (Å²) in [6.45, 7) is 1.20. The van der Waals surface area contributed by atoms with E-state index in [0.717, 1.165) is 32.1 Å². The highest BCUT2D eigenvalue weighted by Crippen LogP contribution is 2.33. The number of benzene rings is 1. The van der Waals surface area contributed by atoms with Crippen LogP contribution in [0.2, 0.25) is 0 Å². The molecule has 3 aliphatic rings. The Hall–Kier alpha value is -3.88. The van der Waals surface area contributed by atoms with E-state index in [1.165, 1.54) is 35.2 Å². The molecule has 1 aliphatic carbocycles. The molecule has 41 heavy (non-hydrogen) atoms. The van der Waals surface area contributed by atoms with Crippen LogP contribution in [0.5, 0.6) is 0 Å². The number of imidazole rings is 1. The van der Waals surface area contributed by atoms with E-state index >= 15 is 0 Å². The van der Waals surface area contributed by atoms with Crippen molar-refractivity contribution in [3.05, 3.63) is 42.2 Å². The van der Waals surface area contributed by atoms with Crippen molar-refractivity contribution in [1.29, 1.82) is 0 Å². The number of aryl methyl sites for hydroxylation is 1. The van der Waals surface area contributed by atoms with Gasteiger partial charge in [-0.05, 0) is 62.3 Å². The molecule has 13 nitrogen and oxygen atoms in total. The number of carbonyl (C=O) groups is 2. The highest BCUT2D eigenvalue weighted by atomic mass is 19.1. The van der Waals surface area contributed by atoms with Gasteiger partial charge in [0.05, 0.1) is 6.33 Å². The third-order valence-electron chi connectivity index (χ3n) is 7.96. The fourth-order valence-corrected chi connectivity index (χ4v) is 5.39. The van der Waals surface area contributed by atoms with E-state index in [0.29, 0.717) is 48.1 Å². The Labute approximate surface area is 234 Å². The van der Waals surface area contributed by atoms with Crippen LogP contribution in [-0.4, -0.2) is 84.0 Å². The summed E-state index contributed by atoms with van der Waals surface area (Å²) in [7, 11) is 0. The first-order valence-electron chi connectivity index (χ1n) is 13.9. The van der Waals surface area contributed by atoms with Crippen molar-refractivity contribution in [2.45, 2.75) is 69.1 Å². The lowest BCUT2D eigenvalue weighted by molar-refractivity contribution is -0.137. The van der Waals surface area contributed by atoms with Crippen LogP contribution in [0.25, 0.3) is 11.2 Å². The Morgan fingerprint density at radius 1 is 1.07 bits per heavy atom. The van der Waals surface area contributed by atoms with Crippen LogP contribution in [-0.2, 0) is 16.0 Å².